The normalized spacial score (nSPS) is 12.2. The van der Waals surface area contributed by atoms with E-state index in [1.54, 1.807) is 0 Å². The number of hydrogen-bond acceptors (Lipinski definition) is 2. The minimum atomic E-state index is -0.601. The van der Waals surface area contributed by atoms with Gasteiger partial charge in [-0.25, -0.2) is 8.78 Å². The molecule has 0 aliphatic rings. The van der Waals surface area contributed by atoms with Gasteiger partial charge in [-0.1, -0.05) is 19.1 Å². The summed E-state index contributed by atoms with van der Waals surface area (Å²) in [4.78, 5) is 0. The van der Waals surface area contributed by atoms with Gasteiger partial charge >= 0.3 is 0 Å². The number of rotatable bonds is 6. The van der Waals surface area contributed by atoms with Crippen molar-refractivity contribution in [3.63, 3.8) is 0 Å². The Bertz CT molecular complexity index is 581. The monoisotopic (exact) mass is 291 g/mol. The Balaban J connectivity index is 2.01. The summed E-state index contributed by atoms with van der Waals surface area (Å²) in [5, 5.41) is 0. The summed E-state index contributed by atoms with van der Waals surface area (Å²) < 4.78 is 31.8. The molecule has 2 aromatic rings. The molecule has 0 fully saturated rings. The fraction of sp³-hybridized carbons (Fsp3) is 0.294. The van der Waals surface area contributed by atoms with Crippen molar-refractivity contribution in [3.05, 3.63) is 65.2 Å². The van der Waals surface area contributed by atoms with Crippen molar-refractivity contribution in [2.24, 2.45) is 5.73 Å². The highest BCUT2D eigenvalue weighted by atomic mass is 19.1. The van der Waals surface area contributed by atoms with Gasteiger partial charge in [-0.3, -0.25) is 0 Å². The second-order valence-electron chi connectivity index (χ2n) is 5.09. The molecule has 0 heterocycles. The maximum Gasteiger partial charge on any atom is 0.126 e. The molecular formula is C17H19F2NO. The highest BCUT2D eigenvalue weighted by Crippen LogP contribution is 2.17. The van der Waals surface area contributed by atoms with Crippen LogP contribution in [0.5, 0.6) is 5.75 Å². The Hall–Kier alpha value is -1.94. The maximum atomic E-state index is 13.1. The van der Waals surface area contributed by atoms with Crippen LogP contribution >= 0.6 is 0 Å². The Morgan fingerprint density at radius 2 is 1.76 bits per heavy atom. The third kappa shape index (κ3) is 4.83. The minimum Gasteiger partial charge on any atom is -0.489 e. The molecule has 0 aromatic heterocycles. The van der Waals surface area contributed by atoms with E-state index in [0.717, 1.165) is 24.5 Å². The molecule has 0 saturated heterocycles. The van der Waals surface area contributed by atoms with Gasteiger partial charge in [0.25, 0.3) is 0 Å². The van der Waals surface area contributed by atoms with E-state index in [9.17, 15) is 8.78 Å². The van der Waals surface area contributed by atoms with Crippen molar-refractivity contribution in [2.75, 3.05) is 0 Å². The van der Waals surface area contributed by atoms with E-state index in [4.69, 9.17) is 10.5 Å². The molecule has 0 radical (unpaired) electrons. The molecule has 1 atom stereocenters. The van der Waals surface area contributed by atoms with E-state index < -0.39 is 11.6 Å². The first-order chi connectivity index (χ1) is 10.1. The van der Waals surface area contributed by atoms with E-state index in [1.165, 1.54) is 12.1 Å². The van der Waals surface area contributed by atoms with Gasteiger partial charge in [-0.2, -0.15) is 0 Å². The summed E-state index contributed by atoms with van der Waals surface area (Å²) in [6.07, 6.45) is 1.69. The van der Waals surface area contributed by atoms with Crippen molar-refractivity contribution in [1.82, 2.24) is 0 Å². The SMILES string of the molecule is CCC(N)Cc1cccc(OCc2cc(F)cc(F)c2)c1. The van der Waals surface area contributed by atoms with Crippen LogP contribution in [0.4, 0.5) is 8.78 Å². The van der Waals surface area contributed by atoms with Gasteiger partial charge in [0.2, 0.25) is 0 Å². The third-order valence-electron chi connectivity index (χ3n) is 3.25. The summed E-state index contributed by atoms with van der Waals surface area (Å²) in [5.74, 6) is -0.534. The number of nitrogens with two attached hydrogens (primary N) is 1. The molecule has 0 saturated carbocycles. The van der Waals surface area contributed by atoms with Crippen LogP contribution in [0.25, 0.3) is 0 Å². The molecule has 21 heavy (non-hydrogen) atoms. The third-order valence-corrected chi connectivity index (χ3v) is 3.25. The van der Waals surface area contributed by atoms with Crippen LogP contribution in [0.1, 0.15) is 24.5 Å². The second kappa shape index (κ2) is 7.18. The zero-order chi connectivity index (χ0) is 15.2. The topological polar surface area (TPSA) is 35.2 Å². The van der Waals surface area contributed by atoms with Gasteiger partial charge in [0, 0.05) is 12.1 Å². The molecule has 0 aliphatic heterocycles. The Morgan fingerprint density at radius 1 is 1.05 bits per heavy atom. The van der Waals surface area contributed by atoms with Crippen LogP contribution < -0.4 is 10.5 Å². The summed E-state index contributed by atoms with van der Waals surface area (Å²) in [7, 11) is 0. The summed E-state index contributed by atoms with van der Waals surface area (Å²) in [6.45, 7) is 2.17. The molecule has 0 amide bonds. The van der Waals surface area contributed by atoms with Crippen LogP contribution in [0.3, 0.4) is 0 Å². The van der Waals surface area contributed by atoms with E-state index in [1.807, 2.05) is 31.2 Å². The molecule has 0 bridgehead atoms. The van der Waals surface area contributed by atoms with E-state index in [0.29, 0.717) is 11.3 Å². The van der Waals surface area contributed by atoms with Gasteiger partial charge in [-0.05, 0) is 48.2 Å². The van der Waals surface area contributed by atoms with Crippen LogP contribution in [-0.4, -0.2) is 6.04 Å². The summed E-state index contributed by atoms with van der Waals surface area (Å²) >= 11 is 0. The van der Waals surface area contributed by atoms with Crippen molar-refractivity contribution in [3.8, 4) is 5.75 Å². The number of halogens is 2. The first kappa shape index (κ1) is 15.4. The Labute approximate surface area is 123 Å². The van der Waals surface area contributed by atoms with E-state index in [-0.39, 0.29) is 12.6 Å². The molecular weight excluding hydrogens is 272 g/mol. The molecule has 1 unspecified atom stereocenters. The zero-order valence-electron chi connectivity index (χ0n) is 12.0. The highest BCUT2D eigenvalue weighted by Gasteiger charge is 2.04. The van der Waals surface area contributed by atoms with E-state index >= 15 is 0 Å². The van der Waals surface area contributed by atoms with Gasteiger partial charge in [-0.15, -0.1) is 0 Å². The van der Waals surface area contributed by atoms with Crippen molar-refractivity contribution < 1.29 is 13.5 Å². The van der Waals surface area contributed by atoms with Crippen molar-refractivity contribution >= 4 is 0 Å². The Morgan fingerprint density at radius 3 is 2.43 bits per heavy atom. The smallest absolute Gasteiger partial charge is 0.126 e. The standard InChI is InChI=1S/C17H19F2NO/c1-2-16(20)8-12-4-3-5-17(9-12)21-11-13-6-14(18)10-15(19)7-13/h3-7,9-10,16H,2,8,11,20H2,1H3. The molecule has 2 nitrogen and oxygen atoms in total. The Kier molecular flexibility index (Phi) is 5.28. The summed E-state index contributed by atoms with van der Waals surface area (Å²) in [6, 6.07) is 11.1. The van der Waals surface area contributed by atoms with Crippen LogP contribution in [0.2, 0.25) is 0 Å². The lowest BCUT2D eigenvalue weighted by molar-refractivity contribution is 0.304. The van der Waals surface area contributed by atoms with Crippen LogP contribution in [0.15, 0.2) is 42.5 Å². The second-order valence-corrected chi connectivity index (χ2v) is 5.09. The number of ether oxygens (including phenoxy) is 1. The predicted molar refractivity (Wildman–Crippen MR) is 79.1 cm³/mol. The molecule has 112 valence electrons. The average molecular weight is 291 g/mol. The maximum absolute atomic E-state index is 13.1. The highest BCUT2D eigenvalue weighted by molar-refractivity contribution is 5.29. The van der Waals surface area contributed by atoms with Gasteiger partial charge < -0.3 is 10.5 Å². The quantitative estimate of drug-likeness (QED) is 0.878. The van der Waals surface area contributed by atoms with Crippen molar-refractivity contribution in [2.45, 2.75) is 32.4 Å². The lowest BCUT2D eigenvalue weighted by Crippen LogP contribution is -2.21. The van der Waals surface area contributed by atoms with Crippen LogP contribution in [0, 0.1) is 11.6 Å². The number of benzene rings is 2. The molecule has 2 N–H and O–H groups in total. The lowest BCUT2D eigenvalue weighted by atomic mass is 10.0. The molecule has 2 aromatic carbocycles. The van der Waals surface area contributed by atoms with Crippen LogP contribution in [-0.2, 0) is 13.0 Å². The molecule has 2 rings (SSSR count). The van der Waals surface area contributed by atoms with E-state index in [2.05, 4.69) is 0 Å². The van der Waals surface area contributed by atoms with Gasteiger partial charge in [0.1, 0.15) is 24.0 Å². The molecule has 0 spiro atoms. The fourth-order valence-corrected chi connectivity index (χ4v) is 2.07. The number of hydrogen-bond donors (Lipinski definition) is 1. The molecule has 4 heteroatoms. The zero-order valence-corrected chi connectivity index (χ0v) is 12.0. The largest absolute Gasteiger partial charge is 0.489 e. The van der Waals surface area contributed by atoms with Gasteiger partial charge in [0.15, 0.2) is 0 Å². The van der Waals surface area contributed by atoms with Gasteiger partial charge in [0.05, 0.1) is 0 Å². The minimum absolute atomic E-state index is 0.123. The predicted octanol–water partition coefficient (Wildman–Crippen LogP) is 3.82. The fourth-order valence-electron chi connectivity index (χ4n) is 2.07. The summed E-state index contributed by atoms with van der Waals surface area (Å²) in [5.41, 5.74) is 7.48. The first-order valence-corrected chi connectivity index (χ1v) is 6.99. The first-order valence-electron chi connectivity index (χ1n) is 6.99. The average Bonchev–Trinajstić information content (AvgIpc) is 2.44. The van der Waals surface area contributed by atoms with Crippen molar-refractivity contribution in [1.29, 1.82) is 0 Å². The lowest BCUT2D eigenvalue weighted by Gasteiger charge is -2.11. The molecule has 0 aliphatic carbocycles.